The maximum atomic E-state index is 13.3. The molecule has 35 heavy (non-hydrogen) atoms. The van der Waals surface area contributed by atoms with E-state index in [9.17, 15) is 14.4 Å². The number of nitriles is 1. The van der Waals surface area contributed by atoms with Crippen LogP contribution in [0.2, 0.25) is 0 Å². The minimum absolute atomic E-state index is 0.0919. The lowest BCUT2D eigenvalue weighted by Gasteiger charge is -2.13. The predicted octanol–water partition coefficient (Wildman–Crippen LogP) is 5.09. The summed E-state index contributed by atoms with van der Waals surface area (Å²) in [5.41, 5.74) is 4.99. The van der Waals surface area contributed by atoms with Gasteiger partial charge < -0.3 is 9.88 Å². The molecule has 0 atom stereocenters. The molecule has 2 aromatic carbocycles. The van der Waals surface area contributed by atoms with E-state index in [1.165, 1.54) is 23.9 Å². The summed E-state index contributed by atoms with van der Waals surface area (Å²) in [6.07, 6.45) is 0. The molecule has 0 aliphatic heterocycles. The highest BCUT2D eigenvalue weighted by Gasteiger charge is 2.21. The van der Waals surface area contributed by atoms with Gasteiger partial charge in [-0.3, -0.25) is 9.36 Å². The number of carbonyl (C=O) groups is 1. The molecule has 0 saturated heterocycles. The maximum absolute atomic E-state index is 13.3. The van der Waals surface area contributed by atoms with Gasteiger partial charge in [-0.1, -0.05) is 36.0 Å². The van der Waals surface area contributed by atoms with Crippen LogP contribution in [0.3, 0.4) is 0 Å². The molecule has 0 unspecified atom stereocenters. The summed E-state index contributed by atoms with van der Waals surface area (Å²) in [7, 11) is 0. The molecule has 9 heteroatoms. The predicted molar refractivity (Wildman–Crippen MR) is 134 cm³/mol. The van der Waals surface area contributed by atoms with Crippen molar-refractivity contribution in [3.63, 3.8) is 0 Å². The highest BCUT2D eigenvalue weighted by Crippen LogP contribution is 2.28. The highest BCUT2D eigenvalue weighted by atomic mass is 32.2. The Morgan fingerprint density at radius 2 is 1.86 bits per heavy atom. The molecule has 0 fully saturated rings. The van der Waals surface area contributed by atoms with E-state index in [4.69, 9.17) is 0 Å². The highest BCUT2D eigenvalue weighted by molar-refractivity contribution is 7.99. The zero-order valence-electron chi connectivity index (χ0n) is 20.0. The fourth-order valence-electron chi connectivity index (χ4n) is 3.90. The van der Waals surface area contributed by atoms with Gasteiger partial charge in [-0.25, -0.2) is 4.39 Å². The Kier molecular flexibility index (Phi) is 7.03. The van der Waals surface area contributed by atoms with Crippen LogP contribution in [0.4, 0.5) is 10.2 Å². The van der Waals surface area contributed by atoms with Gasteiger partial charge in [0.1, 0.15) is 23.5 Å². The molecule has 4 aromatic rings. The van der Waals surface area contributed by atoms with Gasteiger partial charge >= 0.3 is 0 Å². The van der Waals surface area contributed by atoms with Gasteiger partial charge in [0, 0.05) is 17.9 Å². The molecular formula is C26H25FN6OS. The second kappa shape index (κ2) is 10.2. The minimum Gasteiger partial charge on any atom is -0.326 e. The third-order valence-electron chi connectivity index (χ3n) is 5.84. The molecule has 2 aromatic heterocycles. The number of aryl methyl sites for hydroxylation is 2. The SMILES string of the molecule is Cc1cccc(-n2c(C)nnc2SCC(=O)Nc2c(C#N)c(C)c(C)n2Cc2ccc(F)cc2)c1. The summed E-state index contributed by atoms with van der Waals surface area (Å²) in [4.78, 5) is 13.0. The molecule has 7 nitrogen and oxygen atoms in total. The molecule has 2 heterocycles. The van der Waals surface area contributed by atoms with Crippen LogP contribution in [0.5, 0.6) is 0 Å². The zero-order chi connectivity index (χ0) is 25.1. The lowest BCUT2D eigenvalue weighted by Crippen LogP contribution is -2.19. The van der Waals surface area contributed by atoms with Crippen LogP contribution < -0.4 is 5.32 Å². The van der Waals surface area contributed by atoms with E-state index in [0.717, 1.165) is 33.9 Å². The van der Waals surface area contributed by atoms with E-state index in [2.05, 4.69) is 21.6 Å². The second-order valence-corrected chi connectivity index (χ2v) is 9.24. The molecule has 1 amide bonds. The molecule has 0 saturated carbocycles. The van der Waals surface area contributed by atoms with Gasteiger partial charge in [0.15, 0.2) is 5.16 Å². The third kappa shape index (κ3) is 5.12. The molecule has 1 N–H and O–H groups in total. The lowest BCUT2D eigenvalue weighted by molar-refractivity contribution is -0.113. The number of thioether (sulfide) groups is 1. The van der Waals surface area contributed by atoms with Gasteiger partial charge in [0.25, 0.3) is 0 Å². The largest absolute Gasteiger partial charge is 0.326 e. The van der Waals surface area contributed by atoms with E-state index in [1.807, 2.05) is 61.1 Å². The minimum atomic E-state index is -0.314. The fourth-order valence-corrected chi connectivity index (χ4v) is 4.70. The Labute approximate surface area is 207 Å². The summed E-state index contributed by atoms with van der Waals surface area (Å²) in [5.74, 6) is 0.680. The number of anilines is 1. The smallest absolute Gasteiger partial charge is 0.235 e. The van der Waals surface area contributed by atoms with Crippen LogP contribution in [0.15, 0.2) is 53.7 Å². The van der Waals surface area contributed by atoms with Crippen LogP contribution in [0, 0.1) is 44.8 Å². The number of halogens is 1. The van der Waals surface area contributed by atoms with Crippen LogP contribution in [-0.4, -0.2) is 31.0 Å². The maximum Gasteiger partial charge on any atom is 0.235 e. The Balaban J connectivity index is 1.55. The normalized spacial score (nSPS) is 10.9. The molecule has 178 valence electrons. The fraction of sp³-hybridized carbons (Fsp3) is 0.231. The summed E-state index contributed by atoms with van der Waals surface area (Å²) in [6.45, 7) is 8.04. The molecule has 0 bridgehead atoms. The van der Waals surface area contributed by atoms with E-state index >= 15 is 0 Å². The summed E-state index contributed by atoms with van der Waals surface area (Å²) in [5, 5.41) is 21.7. The van der Waals surface area contributed by atoms with Crippen molar-refractivity contribution in [1.29, 1.82) is 5.26 Å². The van der Waals surface area contributed by atoms with E-state index < -0.39 is 0 Å². The van der Waals surface area contributed by atoms with Gasteiger partial charge in [0.05, 0.1) is 11.3 Å². The molecule has 0 radical (unpaired) electrons. The first-order chi connectivity index (χ1) is 16.8. The Hall–Kier alpha value is -3.90. The van der Waals surface area contributed by atoms with Crippen LogP contribution in [0.1, 0.15) is 33.8 Å². The van der Waals surface area contributed by atoms with Crippen molar-refractivity contribution < 1.29 is 9.18 Å². The quantitative estimate of drug-likeness (QED) is 0.366. The third-order valence-corrected chi connectivity index (χ3v) is 6.77. The zero-order valence-corrected chi connectivity index (χ0v) is 20.8. The molecule has 0 spiro atoms. The van der Waals surface area contributed by atoms with Gasteiger partial charge in [0.2, 0.25) is 5.91 Å². The summed E-state index contributed by atoms with van der Waals surface area (Å²) < 4.78 is 17.1. The van der Waals surface area contributed by atoms with Gasteiger partial charge in [-0.15, -0.1) is 10.2 Å². The van der Waals surface area contributed by atoms with E-state index in [-0.39, 0.29) is 17.5 Å². The van der Waals surface area contributed by atoms with Crippen molar-refractivity contribution in [2.75, 3.05) is 11.1 Å². The molecule has 0 aliphatic rings. The molecule has 0 aliphatic carbocycles. The number of nitrogens with zero attached hydrogens (tertiary/aromatic N) is 5. The summed E-state index contributed by atoms with van der Waals surface area (Å²) >= 11 is 1.28. The number of aromatic nitrogens is 4. The first-order valence-electron chi connectivity index (χ1n) is 11.0. The first kappa shape index (κ1) is 24.2. The number of hydrogen-bond donors (Lipinski definition) is 1. The molecule has 4 rings (SSSR count). The van der Waals surface area contributed by atoms with Crippen LogP contribution in [0.25, 0.3) is 5.69 Å². The number of rotatable bonds is 7. The van der Waals surface area contributed by atoms with Crippen molar-refractivity contribution in [3.05, 3.63) is 88.1 Å². The lowest BCUT2D eigenvalue weighted by atomic mass is 10.2. The van der Waals surface area contributed by atoms with Crippen molar-refractivity contribution in [1.82, 2.24) is 19.3 Å². The first-order valence-corrected chi connectivity index (χ1v) is 12.0. The number of amides is 1. The van der Waals surface area contributed by atoms with Crippen molar-refractivity contribution >= 4 is 23.5 Å². The Bertz CT molecular complexity index is 1430. The second-order valence-electron chi connectivity index (χ2n) is 8.30. The van der Waals surface area contributed by atoms with E-state index in [1.54, 1.807) is 12.1 Å². The van der Waals surface area contributed by atoms with Crippen LogP contribution in [-0.2, 0) is 11.3 Å². The average molecular weight is 489 g/mol. The average Bonchev–Trinajstić information content (AvgIpc) is 3.31. The Morgan fingerprint density at radius 1 is 1.11 bits per heavy atom. The van der Waals surface area contributed by atoms with Crippen molar-refractivity contribution in [2.45, 2.75) is 39.4 Å². The standard InChI is InChI=1S/C26H25FN6OS/c1-16-6-5-7-22(12-16)33-19(4)30-31-26(33)35-15-24(34)29-25-23(13-28)17(2)18(3)32(25)14-20-8-10-21(27)11-9-20/h5-12H,14-15H2,1-4H3,(H,29,34). The topological polar surface area (TPSA) is 88.5 Å². The van der Waals surface area contributed by atoms with E-state index in [0.29, 0.717) is 23.1 Å². The number of hydrogen-bond acceptors (Lipinski definition) is 5. The van der Waals surface area contributed by atoms with Crippen molar-refractivity contribution in [3.8, 4) is 11.8 Å². The van der Waals surface area contributed by atoms with Gasteiger partial charge in [-0.05, 0) is 68.7 Å². The number of benzene rings is 2. The number of carbonyl (C=O) groups excluding carboxylic acids is 1. The van der Waals surface area contributed by atoms with Crippen LogP contribution >= 0.6 is 11.8 Å². The Morgan fingerprint density at radius 3 is 2.54 bits per heavy atom. The van der Waals surface area contributed by atoms with Crippen molar-refractivity contribution in [2.24, 2.45) is 0 Å². The molecular weight excluding hydrogens is 463 g/mol. The monoisotopic (exact) mass is 488 g/mol. The summed E-state index contributed by atoms with van der Waals surface area (Å²) in [6, 6.07) is 16.4. The number of nitrogens with one attached hydrogen (secondary N) is 1. The van der Waals surface area contributed by atoms with Gasteiger partial charge in [-0.2, -0.15) is 5.26 Å².